The predicted molar refractivity (Wildman–Crippen MR) is 56.1 cm³/mol. The Balaban J connectivity index is 1.81. The lowest BCUT2D eigenvalue weighted by Gasteiger charge is -2.22. The molecule has 1 aliphatic rings. The van der Waals surface area contributed by atoms with Gasteiger partial charge >= 0.3 is 0 Å². The minimum Gasteiger partial charge on any atom is -0.475 e. The summed E-state index contributed by atoms with van der Waals surface area (Å²) in [5.74, 6) is 0.504. The monoisotopic (exact) mass is 228 g/mol. The molecule has 0 N–H and O–H groups in total. The van der Waals surface area contributed by atoms with Gasteiger partial charge in [-0.2, -0.15) is 0 Å². The number of aromatic nitrogens is 2. The van der Waals surface area contributed by atoms with Crippen molar-refractivity contribution in [2.24, 2.45) is 0 Å². The van der Waals surface area contributed by atoms with E-state index in [0.717, 1.165) is 19.4 Å². The molecule has 0 aliphatic carbocycles. The van der Waals surface area contributed by atoms with E-state index in [2.05, 4.69) is 9.97 Å². The van der Waals surface area contributed by atoms with E-state index < -0.39 is 0 Å². The molecule has 1 unspecified atom stereocenters. The maximum Gasteiger partial charge on any atom is 0.217 e. The van der Waals surface area contributed by atoms with E-state index in [1.54, 1.807) is 6.07 Å². The molecular formula is C10H13ClN2O2. The van der Waals surface area contributed by atoms with Crippen molar-refractivity contribution in [1.29, 1.82) is 0 Å². The third-order valence-corrected chi connectivity index (χ3v) is 2.51. The molecular weight excluding hydrogens is 216 g/mol. The van der Waals surface area contributed by atoms with Gasteiger partial charge in [-0.05, 0) is 19.3 Å². The molecule has 1 aliphatic heterocycles. The molecule has 82 valence electrons. The summed E-state index contributed by atoms with van der Waals surface area (Å²) in [6.45, 7) is 1.37. The lowest BCUT2D eigenvalue weighted by Crippen LogP contribution is -2.25. The van der Waals surface area contributed by atoms with Crippen LogP contribution in [0.4, 0.5) is 0 Å². The number of ether oxygens (including phenoxy) is 2. The van der Waals surface area contributed by atoms with E-state index in [1.807, 2.05) is 0 Å². The SMILES string of the molecule is Clc1cc(OCC2CCCCO2)ncn1. The Bertz CT molecular complexity index is 316. The molecule has 0 aromatic carbocycles. The van der Waals surface area contributed by atoms with E-state index in [1.165, 1.54) is 12.7 Å². The van der Waals surface area contributed by atoms with Gasteiger partial charge in [0.1, 0.15) is 18.1 Å². The maximum atomic E-state index is 5.70. The first-order valence-corrected chi connectivity index (χ1v) is 5.44. The Morgan fingerprint density at radius 1 is 1.47 bits per heavy atom. The van der Waals surface area contributed by atoms with Gasteiger partial charge in [-0.1, -0.05) is 11.6 Å². The largest absolute Gasteiger partial charge is 0.475 e. The number of hydrogen-bond acceptors (Lipinski definition) is 4. The van der Waals surface area contributed by atoms with Crippen molar-refractivity contribution in [3.63, 3.8) is 0 Å². The van der Waals surface area contributed by atoms with Crippen molar-refractivity contribution in [3.8, 4) is 5.88 Å². The maximum absolute atomic E-state index is 5.70. The highest BCUT2D eigenvalue weighted by Crippen LogP contribution is 2.15. The highest BCUT2D eigenvalue weighted by Gasteiger charge is 2.14. The molecule has 1 aromatic heterocycles. The van der Waals surface area contributed by atoms with Crippen LogP contribution in [0.1, 0.15) is 19.3 Å². The average Bonchev–Trinajstić information content (AvgIpc) is 2.28. The molecule has 1 atom stereocenters. The smallest absolute Gasteiger partial charge is 0.217 e. The van der Waals surface area contributed by atoms with Crippen molar-refractivity contribution >= 4 is 11.6 Å². The number of hydrogen-bond donors (Lipinski definition) is 0. The van der Waals surface area contributed by atoms with E-state index in [0.29, 0.717) is 17.6 Å². The second kappa shape index (κ2) is 5.28. The molecule has 0 radical (unpaired) electrons. The van der Waals surface area contributed by atoms with Gasteiger partial charge < -0.3 is 9.47 Å². The minimum atomic E-state index is 0.187. The molecule has 1 aromatic rings. The van der Waals surface area contributed by atoms with E-state index in [4.69, 9.17) is 21.1 Å². The van der Waals surface area contributed by atoms with Gasteiger partial charge in [0.25, 0.3) is 0 Å². The molecule has 1 saturated heterocycles. The first kappa shape index (κ1) is 10.6. The Morgan fingerprint density at radius 2 is 2.40 bits per heavy atom. The Labute approximate surface area is 93.6 Å². The van der Waals surface area contributed by atoms with Gasteiger partial charge in [0.2, 0.25) is 5.88 Å². The van der Waals surface area contributed by atoms with Crippen LogP contribution in [0.2, 0.25) is 5.15 Å². The van der Waals surface area contributed by atoms with Gasteiger partial charge in [0.15, 0.2) is 0 Å². The summed E-state index contributed by atoms with van der Waals surface area (Å²) in [4.78, 5) is 7.73. The van der Waals surface area contributed by atoms with E-state index in [9.17, 15) is 0 Å². The summed E-state index contributed by atoms with van der Waals surface area (Å²) in [6, 6.07) is 1.60. The van der Waals surface area contributed by atoms with Crippen LogP contribution in [-0.4, -0.2) is 29.3 Å². The third kappa shape index (κ3) is 3.32. The fraction of sp³-hybridized carbons (Fsp3) is 0.600. The molecule has 0 saturated carbocycles. The summed E-state index contributed by atoms with van der Waals surface area (Å²) in [5, 5.41) is 0.393. The van der Waals surface area contributed by atoms with Gasteiger partial charge in [0.05, 0.1) is 6.10 Å². The van der Waals surface area contributed by atoms with Crippen LogP contribution < -0.4 is 4.74 Å². The van der Waals surface area contributed by atoms with Crippen molar-refractivity contribution in [2.75, 3.05) is 13.2 Å². The Hall–Kier alpha value is -0.870. The van der Waals surface area contributed by atoms with Gasteiger partial charge in [-0.15, -0.1) is 0 Å². The summed E-state index contributed by atoms with van der Waals surface area (Å²) >= 11 is 5.70. The Kier molecular flexibility index (Phi) is 3.75. The van der Waals surface area contributed by atoms with Gasteiger partial charge in [0, 0.05) is 12.7 Å². The van der Waals surface area contributed by atoms with Gasteiger partial charge in [-0.3, -0.25) is 0 Å². The normalized spacial score (nSPS) is 21.3. The highest BCUT2D eigenvalue weighted by atomic mass is 35.5. The van der Waals surface area contributed by atoms with E-state index >= 15 is 0 Å². The molecule has 1 fully saturated rings. The van der Waals surface area contributed by atoms with Crippen molar-refractivity contribution in [2.45, 2.75) is 25.4 Å². The first-order valence-electron chi connectivity index (χ1n) is 5.06. The molecule has 15 heavy (non-hydrogen) atoms. The zero-order valence-electron chi connectivity index (χ0n) is 8.36. The molecule has 2 rings (SSSR count). The fourth-order valence-corrected chi connectivity index (χ4v) is 1.65. The number of rotatable bonds is 3. The minimum absolute atomic E-state index is 0.187. The quantitative estimate of drug-likeness (QED) is 0.743. The fourth-order valence-electron chi connectivity index (χ4n) is 1.51. The van der Waals surface area contributed by atoms with Crippen LogP contribution in [-0.2, 0) is 4.74 Å². The van der Waals surface area contributed by atoms with Crippen LogP contribution in [0.5, 0.6) is 5.88 Å². The zero-order chi connectivity index (χ0) is 10.5. The molecule has 0 amide bonds. The van der Waals surface area contributed by atoms with Crippen LogP contribution in [0.3, 0.4) is 0 Å². The van der Waals surface area contributed by atoms with Crippen molar-refractivity contribution in [1.82, 2.24) is 9.97 Å². The number of nitrogens with zero attached hydrogens (tertiary/aromatic N) is 2. The molecule has 5 heteroatoms. The van der Waals surface area contributed by atoms with Crippen LogP contribution in [0.25, 0.3) is 0 Å². The second-order valence-corrected chi connectivity index (χ2v) is 3.87. The average molecular weight is 229 g/mol. The number of halogens is 1. The second-order valence-electron chi connectivity index (χ2n) is 3.48. The van der Waals surface area contributed by atoms with Crippen LogP contribution >= 0.6 is 11.6 Å². The third-order valence-electron chi connectivity index (χ3n) is 2.30. The lowest BCUT2D eigenvalue weighted by atomic mass is 10.1. The molecule has 0 spiro atoms. The van der Waals surface area contributed by atoms with Crippen molar-refractivity contribution in [3.05, 3.63) is 17.5 Å². The molecule has 4 nitrogen and oxygen atoms in total. The van der Waals surface area contributed by atoms with Gasteiger partial charge in [-0.25, -0.2) is 9.97 Å². The Morgan fingerprint density at radius 3 is 3.13 bits per heavy atom. The topological polar surface area (TPSA) is 44.2 Å². The highest BCUT2D eigenvalue weighted by molar-refractivity contribution is 6.29. The summed E-state index contributed by atoms with van der Waals surface area (Å²) in [7, 11) is 0. The van der Waals surface area contributed by atoms with Crippen LogP contribution in [0, 0.1) is 0 Å². The predicted octanol–water partition coefficient (Wildman–Crippen LogP) is 2.08. The summed E-state index contributed by atoms with van der Waals surface area (Å²) in [6.07, 6.45) is 4.99. The summed E-state index contributed by atoms with van der Waals surface area (Å²) < 4.78 is 11.0. The molecule has 2 heterocycles. The first-order chi connectivity index (χ1) is 7.34. The van der Waals surface area contributed by atoms with E-state index in [-0.39, 0.29) is 6.10 Å². The van der Waals surface area contributed by atoms with Crippen molar-refractivity contribution < 1.29 is 9.47 Å². The standard InChI is InChI=1S/C10H13ClN2O2/c11-9-5-10(13-7-12-9)15-6-8-3-1-2-4-14-8/h5,7-8H,1-4,6H2. The van der Waals surface area contributed by atoms with Crippen LogP contribution in [0.15, 0.2) is 12.4 Å². The lowest BCUT2D eigenvalue weighted by molar-refractivity contribution is -0.0119. The zero-order valence-corrected chi connectivity index (χ0v) is 9.11. The molecule has 0 bridgehead atoms. The summed E-state index contributed by atoms with van der Waals surface area (Å²) in [5.41, 5.74) is 0.